The maximum Gasteiger partial charge on any atom is 0.250 e. The van der Waals surface area contributed by atoms with E-state index >= 15 is 0 Å². The quantitative estimate of drug-likeness (QED) is 0.737. The van der Waals surface area contributed by atoms with Crippen LogP contribution < -0.4 is 10.2 Å². The third-order valence-electron chi connectivity index (χ3n) is 6.17. The van der Waals surface area contributed by atoms with E-state index in [1.165, 1.54) is 16.7 Å². The fraction of sp³-hybridized carbons (Fsp3) is 0.591. The fourth-order valence-corrected chi connectivity index (χ4v) is 5.57. The first-order valence-electron chi connectivity index (χ1n) is 10.9. The third-order valence-corrected chi connectivity index (χ3v) is 7.41. The van der Waals surface area contributed by atoms with Gasteiger partial charge in [-0.1, -0.05) is 12.1 Å². The number of benzene rings is 1. The van der Waals surface area contributed by atoms with Crippen LogP contribution in [0.15, 0.2) is 29.2 Å². The Morgan fingerprint density at radius 2 is 1.77 bits per heavy atom. The van der Waals surface area contributed by atoms with E-state index in [2.05, 4.69) is 17.3 Å². The molecule has 3 heterocycles. The highest BCUT2D eigenvalue weighted by Crippen LogP contribution is 2.39. The lowest BCUT2D eigenvalue weighted by molar-refractivity contribution is -0.136. The number of hydrogen-bond acceptors (Lipinski definition) is 5. The largest absolute Gasteiger partial charge is 0.352 e. The van der Waals surface area contributed by atoms with Gasteiger partial charge in [0.05, 0.1) is 5.69 Å². The zero-order valence-electron chi connectivity index (χ0n) is 17.5. The van der Waals surface area contributed by atoms with Gasteiger partial charge in [0, 0.05) is 24.0 Å². The van der Waals surface area contributed by atoms with Gasteiger partial charge in [0.1, 0.15) is 6.54 Å². The molecule has 3 amide bonds. The van der Waals surface area contributed by atoms with Crippen LogP contribution in [0.5, 0.6) is 0 Å². The third kappa shape index (κ3) is 4.64. The summed E-state index contributed by atoms with van der Waals surface area (Å²) in [6, 6.07) is 7.68. The number of carbonyl (C=O) groups is 3. The molecule has 0 spiro atoms. The monoisotopic (exact) mass is 430 g/mol. The summed E-state index contributed by atoms with van der Waals surface area (Å²) in [5.41, 5.74) is 0.716. The van der Waals surface area contributed by atoms with Crippen LogP contribution >= 0.6 is 11.8 Å². The van der Waals surface area contributed by atoms with E-state index in [0.717, 1.165) is 50.1 Å². The fourth-order valence-electron chi connectivity index (χ4n) is 4.39. The lowest BCUT2D eigenvalue weighted by atomic mass is 10.1. The minimum atomic E-state index is -0.811. The van der Waals surface area contributed by atoms with E-state index in [9.17, 15) is 14.4 Å². The maximum atomic E-state index is 13.3. The van der Waals surface area contributed by atoms with Crippen LogP contribution in [0.25, 0.3) is 0 Å². The molecule has 1 aromatic rings. The molecule has 0 bridgehead atoms. The molecule has 3 aliphatic heterocycles. The van der Waals surface area contributed by atoms with Crippen LogP contribution in [-0.2, 0) is 14.4 Å². The molecular formula is C22H30N4O3S. The molecule has 162 valence electrons. The average molecular weight is 431 g/mol. The summed E-state index contributed by atoms with van der Waals surface area (Å²) in [7, 11) is 2.08. The van der Waals surface area contributed by atoms with Gasteiger partial charge in [-0.3, -0.25) is 14.4 Å². The molecule has 3 aliphatic rings. The SMILES string of the molecule is CN1CCC(NC(=O)CN2C(=O)C(C(=O)N3CCCCC3)Sc3ccccc32)CC1. The average Bonchev–Trinajstić information content (AvgIpc) is 2.77. The van der Waals surface area contributed by atoms with Crippen molar-refractivity contribution in [2.24, 2.45) is 0 Å². The number of para-hydroxylation sites is 1. The Labute approximate surface area is 182 Å². The molecule has 1 unspecified atom stereocenters. The number of likely N-dealkylation sites (tertiary alicyclic amines) is 2. The smallest absolute Gasteiger partial charge is 0.250 e. The zero-order chi connectivity index (χ0) is 21.1. The van der Waals surface area contributed by atoms with Gasteiger partial charge in [0.15, 0.2) is 5.25 Å². The van der Waals surface area contributed by atoms with Crippen LogP contribution in [0.3, 0.4) is 0 Å². The minimum absolute atomic E-state index is 0.0491. The number of nitrogens with one attached hydrogen (secondary N) is 1. The van der Waals surface area contributed by atoms with Crippen molar-refractivity contribution in [3.63, 3.8) is 0 Å². The van der Waals surface area contributed by atoms with Crippen LogP contribution in [0.1, 0.15) is 32.1 Å². The summed E-state index contributed by atoms with van der Waals surface area (Å²) in [5, 5.41) is 2.27. The summed E-state index contributed by atoms with van der Waals surface area (Å²) in [4.78, 5) is 45.6. The van der Waals surface area contributed by atoms with Gasteiger partial charge in [0.25, 0.3) is 5.91 Å². The number of rotatable bonds is 4. The van der Waals surface area contributed by atoms with E-state index < -0.39 is 5.25 Å². The van der Waals surface area contributed by atoms with E-state index in [1.54, 1.807) is 0 Å². The van der Waals surface area contributed by atoms with Crippen molar-refractivity contribution < 1.29 is 14.4 Å². The van der Waals surface area contributed by atoms with E-state index in [0.29, 0.717) is 18.8 Å². The Hall–Kier alpha value is -2.06. The first-order valence-corrected chi connectivity index (χ1v) is 11.7. The number of fused-ring (bicyclic) bond motifs is 1. The number of anilines is 1. The van der Waals surface area contributed by atoms with Gasteiger partial charge in [-0.25, -0.2) is 0 Å². The Bertz CT molecular complexity index is 803. The second-order valence-electron chi connectivity index (χ2n) is 8.42. The predicted octanol–water partition coefficient (Wildman–Crippen LogP) is 1.72. The molecule has 0 radical (unpaired) electrons. The zero-order valence-corrected chi connectivity index (χ0v) is 18.3. The Balaban J connectivity index is 1.48. The Morgan fingerprint density at radius 3 is 2.50 bits per heavy atom. The second kappa shape index (κ2) is 9.39. The van der Waals surface area contributed by atoms with Crippen LogP contribution in [0.2, 0.25) is 0 Å². The normalized spacial score (nSPS) is 23.2. The molecule has 0 aromatic heterocycles. The van der Waals surface area contributed by atoms with E-state index in [1.807, 2.05) is 29.2 Å². The summed E-state index contributed by atoms with van der Waals surface area (Å²) >= 11 is 1.31. The van der Waals surface area contributed by atoms with E-state index in [4.69, 9.17) is 0 Å². The lowest BCUT2D eigenvalue weighted by Gasteiger charge is -2.36. The highest BCUT2D eigenvalue weighted by atomic mass is 32.2. The summed E-state index contributed by atoms with van der Waals surface area (Å²) < 4.78 is 0. The van der Waals surface area contributed by atoms with Crippen molar-refractivity contribution in [2.75, 3.05) is 44.7 Å². The highest BCUT2D eigenvalue weighted by Gasteiger charge is 2.41. The standard InChI is InChI=1S/C22H30N4O3S/c1-24-13-9-16(10-14-24)23-19(27)15-26-17-7-3-4-8-18(17)30-20(22(26)29)21(28)25-11-5-2-6-12-25/h3-4,7-8,16,20H,2,5-6,9-15H2,1H3,(H,23,27). The van der Waals surface area contributed by atoms with Crippen LogP contribution in [0.4, 0.5) is 5.69 Å². The van der Waals surface area contributed by atoms with Gasteiger partial charge in [-0.2, -0.15) is 0 Å². The molecule has 1 aromatic carbocycles. The summed E-state index contributed by atoms with van der Waals surface area (Å²) in [6.45, 7) is 3.29. The van der Waals surface area contributed by atoms with Crippen molar-refractivity contribution >= 4 is 35.2 Å². The second-order valence-corrected chi connectivity index (χ2v) is 9.57. The Morgan fingerprint density at radius 1 is 1.07 bits per heavy atom. The Kier molecular flexibility index (Phi) is 6.63. The molecular weight excluding hydrogens is 400 g/mol. The number of amides is 3. The first kappa shape index (κ1) is 21.2. The predicted molar refractivity (Wildman–Crippen MR) is 118 cm³/mol. The number of nitrogens with zero attached hydrogens (tertiary/aromatic N) is 3. The number of thioether (sulfide) groups is 1. The number of piperidine rings is 2. The van der Waals surface area contributed by atoms with Crippen molar-refractivity contribution in [1.82, 2.24) is 15.1 Å². The molecule has 30 heavy (non-hydrogen) atoms. The number of hydrogen-bond donors (Lipinski definition) is 1. The molecule has 4 rings (SSSR count). The first-order chi connectivity index (χ1) is 14.5. The van der Waals surface area contributed by atoms with Crippen LogP contribution in [0, 0.1) is 0 Å². The molecule has 2 fully saturated rings. The van der Waals surface area contributed by atoms with Gasteiger partial charge < -0.3 is 20.0 Å². The molecule has 0 aliphatic carbocycles. The van der Waals surface area contributed by atoms with Crippen molar-refractivity contribution in [1.29, 1.82) is 0 Å². The van der Waals surface area contributed by atoms with Crippen LogP contribution in [-0.4, -0.2) is 78.6 Å². The summed E-state index contributed by atoms with van der Waals surface area (Å²) in [5.74, 6) is -0.573. The lowest BCUT2D eigenvalue weighted by Crippen LogP contribution is -2.54. The van der Waals surface area contributed by atoms with Gasteiger partial charge >= 0.3 is 0 Å². The number of carbonyl (C=O) groups excluding carboxylic acids is 3. The topological polar surface area (TPSA) is 73.0 Å². The van der Waals surface area contributed by atoms with Crippen molar-refractivity contribution in [2.45, 2.75) is 48.3 Å². The van der Waals surface area contributed by atoms with E-state index in [-0.39, 0.29) is 30.3 Å². The molecule has 1 atom stereocenters. The molecule has 8 heteroatoms. The highest BCUT2D eigenvalue weighted by molar-refractivity contribution is 8.01. The van der Waals surface area contributed by atoms with Crippen molar-refractivity contribution in [3.05, 3.63) is 24.3 Å². The molecule has 0 saturated carbocycles. The minimum Gasteiger partial charge on any atom is -0.352 e. The summed E-state index contributed by atoms with van der Waals surface area (Å²) in [6.07, 6.45) is 4.92. The van der Waals surface area contributed by atoms with Gasteiger partial charge in [-0.05, 0) is 64.4 Å². The maximum absolute atomic E-state index is 13.3. The van der Waals surface area contributed by atoms with Gasteiger partial charge in [-0.15, -0.1) is 11.8 Å². The van der Waals surface area contributed by atoms with Gasteiger partial charge in [0.2, 0.25) is 11.8 Å². The van der Waals surface area contributed by atoms with Crippen molar-refractivity contribution in [3.8, 4) is 0 Å². The molecule has 2 saturated heterocycles. The molecule has 1 N–H and O–H groups in total. The molecule has 7 nitrogen and oxygen atoms in total.